The zero-order chi connectivity index (χ0) is 10.9. The number of carbonyl (C=O) groups excluding carboxylic acids is 3. The Kier molecular flexibility index (Phi) is 3.03. The van der Waals surface area contributed by atoms with Gasteiger partial charge in [0.2, 0.25) is 5.91 Å². The monoisotopic (exact) mass is 197 g/mol. The molecule has 0 bridgehead atoms. The maximum absolute atomic E-state index is 11.6. The summed E-state index contributed by atoms with van der Waals surface area (Å²) in [4.78, 5) is 33.9. The Balaban J connectivity index is 2.74. The van der Waals surface area contributed by atoms with Crippen LogP contribution in [0.25, 0.3) is 0 Å². The number of Topliss-reactive ketones (excluding diaryl/α,β-unsaturated/α-hetero) is 2. The molecule has 4 heteroatoms. The molecule has 78 valence electrons. The van der Waals surface area contributed by atoms with Crippen molar-refractivity contribution in [1.29, 1.82) is 0 Å². The van der Waals surface area contributed by atoms with Crippen LogP contribution in [0.15, 0.2) is 0 Å². The second-order valence-electron chi connectivity index (χ2n) is 4.14. The highest BCUT2D eigenvalue weighted by Gasteiger charge is 2.43. The van der Waals surface area contributed by atoms with Crippen LogP contribution in [0.5, 0.6) is 0 Å². The predicted molar refractivity (Wildman–Crippen MR) is 50.6 cm³/mol. The van der Waals surface area contributed by atoms with Crippen molar-refractivity contribution in [3.8, 4) is 0 Å². The quantitative estimate of drug-likeness (QED) is 0.662. The SMILES string of the molecule is CC(=O)[C@H]1C(=O)N[C@H](CC(C)C)C1=O. The van der Waals surface area contributed by atoms with E-state index in [-0.39, 0.29) is 11.6 Å². The summed E-state index contributed by atoms with van der Waals surface area (Å²) in [5.74, 6) is -1.79. The van der Waals surface area contributed by atoms with E-state index in [1.165, 1.54) is 6.92 Å². The molecule has 1 amide bonds. The number of carbonyl (C=O) groups is 3. The number of rotatable bonds is 3. The highest BCUT2D eigenvalue weighted by atomic mass is 16.2. The molecule has 1 saturated heterocycles. The first kappa shape index (κ1) is 10.9. The molecule has 1 heterocycles. The largest absolute Gasteiger partial charge is 0.345 e. The van der Waals surface area contributed by atoms with Crippen molar-refractivity contribution in [3.05, 3.63) is 0 Å². The van der Waals surface area contributed by atoms with Crippen LogP contribution < -0.4 is 5.32 Å². The minimum atomic E-state index is -1.06. The van der Waals surface area contributed by atoms with Crippen LogP contribution in [0, 0.1) is 11.8 Å². The van der Waals surface area contributed by atoms with Gasteiger partial charge in [0.15, 0.2) is 11.7 Å². The van der Waals surface area contributed by atoms with Gasteiger partial charge < -0.3 is 5.32 Å². The van der Waals surface area contributed by atoms with Crippen molar-refractivity contribution in [3.63, 3.8) is 0 Å². The lowest BCUT2D eigenvalue weighted by atomic mass is 9.95. The van der Waals surface area contributed by atoms with E-state index in [9.17, 15) is 14.4 Å². The maximum atomic E-state index is 11.6. The van der Waals surface area contributed by atoms with Gasteiger partial charge >= 0.3 is 0 Å². The molecule has 1 aliphatic rings. The third kappa shape index (κ3) is 2.00. The van der Waals surface area contributed by atoms with Gasteiger partial charge in [0, 0.05) is 0 Å². The highest BCUT2D eigenvalue weighted by molar-refractivity contribution is 6.23. The number of nitrogens with one attached hydrogen (secondary N) is 1. The van der Waals surface area contributed by atoms with E-state index >= 15 is 0 Å². The Labute approximate surface area is 83.1 Å². The molecule has 1 rings (SSSR count). The molecule has 14 heavy (non-hydrogen) atoms. The fraction of sp³-hybridized carbons (Fsp3) is 0.700. The fourth-order valence-electron chi connectivity index (χ4n) is 1.69. The Morgan fingerprint density at radius 1 is 1.43 bits per heavy atom. The van der Waals surface area contributed by atoms with E-state index in [2.05, 4.69) is 5.32 Å². The van der Waals surface area contributed by atoms with Crippen molar-refractivity contribution in [2.45, 2.75) is 33.2 Å². The fourth-order valence-corrected chi connectivity index (χ4v) is 1.69. The van der Waals surface area contributed by atoms with Gasteiger partial charge in [-0.2, -0.15) is 0 Å². The molecule has 1 N–H and O–H groups in total. The summed E-state index contributed by atoms with van der Waals surface area (Å²) in [7, 11) is 0. The van der Waals surface area contributed by atoms with E-state index in [0.717, 1.165) is 0 Å². The predicted octanol–water partition coefficient (Wildman–Crippen LogP) is 0.305. The summed E-state index contributed by atoms with van der Waals surface area (Å²) < 4.78 is 0. The van der Waals surface area contributed by atoms with E-state index in [1.54, 1.807) is 0 Å². The highest BCUT2D eigenvalue weighted by Crippen LogP contribution is 2.17. The summed E-state index contributed by atoms with van der Waals surface area (Å²) in [6.45, 7) is 5.22. The molecule has 0 aromatic carbocycles. The zero-order valence-corrected chi connectivity index (χ0v) is 8.66. The van der Waals surface area contributed by atoms with Crippen molar-refractivity contribution < 1.29 is 14.4 Å². The third-order valence-corrected chi connectivity index (χ3v) is 2.32. The van der Waals surface area contributed by atoms with Crippen LogP contribution in [-0.4, -0.2) is 23.5 Å². The molecule has 0 aliphatic carbocycles. The van der Waals surface area contributed by atoms with Crippen LogP contribution in [0.4, 0.5) is 0 Å². The number of hydrogen-bond donors (Lipinski definition) is 1. The van der Waals surface area contributed by atoms with Crippen LogP contribution in [0.3, 0.4) is 0 Å². The first-order valence-electron chi connectivity index (χ1n) is 4.78. The lowest BCUT2D eigenvalue weighted by molar-refractivity contribution is -0.135. The lowest BCUT2D eigenvalue weighted by Gasteiger charge is -2.10. The van der Waals surface area contributed by atoms with E-state index in [0.29, 0.717) is 12.3 Å². The van der Waals surface area contributed by atoms with Crippen LogP contribution in [0.1, 0.15) is 27.2 Å². The lowest BCUT2D eigenvalue weighted by Crippen LogP contribution is -2.30. The summed E-state index contributed by atoms with van der Waals surface area (Å²) in [5.41, 5.74) is 0. The van der Waals surface area contributed by atoms with Gasteiger partial charge in [0.05, 0.1) is 6.04 Å². The molecular weight excluding hydrogens is 182 g/mol. The van der Waals surface area contributed by atoms with Crippen LogP contribution in [-0.2, 0) is 14.4 Å². The summed E-state index contributed by atoms with van der Waals surface area (Å²) >= 11 is 0. The molecular formula is C10H15NO3. The average molecular weight is 197 g/mol. The molecule has 0 unspecified atom stereocenters. The Morgan fingerprint density at radius 3 is 2.36 bits per heavy atom. The zero-order valence-electron chi connectivity index (χ0n) is 8.66. The average Bonchev–Trinajstić information content (AvgIpc) is 2.25. The van der Waals surface area contributed by atoms with Gasteiger partial charge in [-0.25, -0.2) is 0 Å². The molecule has 2 atom stereocenters. The molecule has 1 fully saturated rings. The van der Waals surface area contributed by atoms with Crippen LogP contribution >= 0.6 is 0 Å². The van der Waals surface area contributed by atoms with Gasteiger partial charge in [-0.3, -0.25) is 14.4 Å². The van der Waals surface area contributed by atoms with Crippen molar-refractivity contribution in [2.24, 2.45) is 11.8 Å². The van der Waals surface area contributed by atoms with E-state index < -0.39 is 17.9 Å². The molecule has 4 nitrogen and oxygen atoms in total. The third-order valence-electron chi connectivity index (χ3n) is 2.32. The number of ketones is 2. The van der Waals surface area contributed by atoms with Gasteiger partial charge in [0.25, 0.3) is 0 Å². The Hall–Kier alpha value is -1.19. The number of amides is 1. The standard InChI is InChI=1S/C10H15NO3/c1-5(2)4-7-9(13)8(6(3)12)10(14)11-7/h5,7-8H,4H2,1-3H3,(H,11,14)/t7-,8-/m1/s1. The maximum Gasteiger partial charge on any atom is 0.238 e. The Morgan fingerprint density at radius 2 is 2.00 bits per heavy atom. The normalized spacial score (nSPS) is 26.9. The van der Waals surface area contributed by atoms with Crippen LogP contribution in [0.2, 0.25) is 0 Å². The summed E-state index contributed by atoms with van der Waals surface area (Å²) in [6, 6.07) is -0.462. The Bertz CT molecular complexity index is 283. The minimum absolute atomic E-state index is 0.267. The van der Waals surface area contributed by atoms with Gasteiger partial charge in [-0.1, -0.05) is 13.8 Å². The second-order valence-corrected chi connectivity index (χ2v) is 4.14. The molecule has 0 radical (unpaired) electrons. The second kappa shape index (κ2) is 3.90. The van der Waals surface area contributed by atoms with E-state index in [1.807, 2.05) is 13.8 Å². The van der Waals surface area contributed by atoms with Gasteiger partial charge in [-0.15, -0.1) is 0 Å². The van der Waals surface area contributed by atoms with Crippen molar-refractivity contribution >= 4 is 17.5 Å². The smallest absolute Gasteiger partial charge is 0.238 e. The summed E-state index contributed by atoms with van der Waals surface area (Å²) in [6.07, 6.45) is 0.606. The number of hydrogen-bond acceptors (Lipinski definition) is 3. The first-order chi connectivity index (χ1) is 6.43. The molecule has 0 spiro atoms. The molecule has 0 aromatic heterocycles. The molecule has 0 aromatic rings. The minimum Gasteiger partial charge on any atom is -0.345 e. The van der Waals surface area contributed by atoms with E-state index in [4.69, 9.17) is 0 Å². The topological polar surface area (TPSA) is 63.2 Å². The molecule has 1 aliphatic heterocycles. The summed E-state index contributed by atoms with van der Waals surface area (Å²) in [5, 5.41) is 2.56. The van der Waals surface area contributed by atoms with Gasteiger partial charge in [0.1, 0.15) is 5.78 Å². The molecule has 0 saturated carbocycles. The van der Waals surface area contributed by atoms with Crippen molar-refractivity contribution in [1.82, 2.24) is 5.32 Å². The van der Waals surface area contributed by atoms with Gasteiger partial charge in [-0.05, 0) is 19.3 Å². The van der Waals surface area contributed by atoms with Crippen molar-refractivity contribution in [2.75, 3.05) is 0 Å². The first-order valence-corrected chi connectivity index (χ1v) is 4.78.